The molecule has 6 heteroatoms. The van der Waals surface area contributed by atoms with Crippen LogP contribution in [0.25, 0.3) is 0 Å². The van der Waals surface area contributed by atoms with Crippen molar-refractivity contribution in [2.45, 2.75) is 19.4 Å². The molecule has 3 N–H and O–H groups in total. The number of carbonyl (C=O) groups is 1. The second kappa shape index (κ2) is 6.20. The van der Waals surface area contributed by atoms with Gasteiger partial charge >= 0.3 is 5.97 Å². The van der Waals surface area contributed by atoms with Gasteiger partial charge in [0.15, 0.2) is 5.82 Å². The molecule has 0 aliphatic carbocycles. The molecule has 0 fully saturated rings. The highest BCUT2D eigenvalue weighted by atomic mass is 16.5. The van der Waals surface area contributed by atoms with Crippen molar-refractivity contribution in [3.63, 3.8) is 0 Å². The van der Waals surface area contributed by atoms with Crippen molar-refractivity contribution >= 4 is 17.5 Å². The Bertz CT molecular complexity index is 421. The normalized spacial score (nSPS) is 12.0. The van der Waals surface area contributed by atoms with Gasteiger partial charge in [0.05, 0.1) is 24.5 Å². The molecule has 6 nitrogen and oxygen atoms in total. The van der Waals surface area contributed by atoms with Crippen LogP contribution in [-0.2, 0) is 4.74 Å². The first-order valence-corrected chi connectivity index (χ1v) is 5.69. The number of hydrogen-bond acceptors (Lipinski definition) is 6. The van der Waals surface area contributed by atoms with Crippen molar-refractivity contribution in [3.05, 3.63) is 17.8 Å². The zero-order valence-corrected chi connectivity index (χ0v) is 10.9. The smallest absolute Gasteiger partial charge is 0.340 e. The van der Waals surface area contributed by atoms with E-state index in [1.165, 1.54) is 19.4 Å². The van der Waals surface area contributed by atoms with Crippen LogP contribution in [0.15, 0.2) is 12.3 Å². The molecule has 0 spiro atoms. The van der Waals surface area contributed by atoms with Gasteiger partial charge in [0.25, 0.3) is 0 Å². The molecule has 0 aliphatic heterocycles. The number of aromatic nitrogens is 1. The molecule has 1 aromatic rings. The maximum absolute atomic E-state index is 11.5. The number of rotatable bonds is 5. The van der Waals surface area contributed by atoms with Gasteiger partial charge in [-0.05, 0) is 19.4 Å². The summed E-state index contributed by atoms with van der Waals surface area (Å²) in [4.78, 5) is 17.4. The Labute approximate surface area is 106 Å². The summed E-state index contributed by atoms with van der Waals surface area (Å²) in [6, 6.07) is 1.52. The molecule has 1 rings (SSSR count). The summed E-state index contributed by atoms with van der Waals surface area (Å²) in [5.74, 6) is 0.0265. The highest BCUT2D eigenvalue weighted by Gasteiger charge is 2.16. The summed E-state index contributed by atoms with van der Waals surface area (Å²) < 4.78 is 4.64. The fourth-order valence-electron chi connectivity index (χ4n) is 1.54. The van der Waals surface area contributed by atoms with Crippen LogP contribution in [0, 0.1) is 0 Å². The van der Waals surface area contributed by atoms with Crippen LogP contribution in [0.4, 0.5) is 11.5 Å². The average molecular weight is 253 g/mol. The number of pyridine rings is 1. The fourth-order valence-corrected chi connectivity index (χ4v) is 1.54. The fraction of sp³-hybridized carbons (Fsp3) is 0.500. The molecule has 0 saturated carbocycles. The lowest BCUT2D eigenvalue weighted by Crippen LogP contribution is -2.24. The van der Waals surface area contributed by atoms with Gasteiger partial charge in [-0.15, -0.1) is 0 Å². The van der Waals surface area contributed by atoms with Crippen molar-refractivity contribution in [3.8, 4) is 0 Å². The van der Waals surface area contributed by atoms with Crippen LogP contribution in [0.5, 0.6) is 0 Å². The van der Waals surface area contributed by atoms with Gasteiger partial charge in [-0.2, -0.15) is 0 Å². The number of hydrogen-bond donors (Lipinski definition) is 2. The minimum absolute atomic E-state index is 0.289. The number of esters is 1. The summed E-state index contributed by atoms with van der Waals surface area (Å²) >= 11 is 0. The van der Waals surface area contributed by atoms with E-state index in [4.69, 9.17) is 5.73 Å². The summed E-state index contributed by atoms with van der Waals surface area (Å²) in [7, 11) is 3.11. The molecule has 0 aromatic carbocycles. The number of methoxy groups -OCH3 is 1. The summed E-state index contributed by atoms with van der Waals surface area (Å²) in [6.45, 7) is 2.31. The molecule has 18 heavy (non-hydrogen) atoms. The molecule has 100 valence electrons. The first kappa shape index (κ1) is 14.2. The van der Waals surface area contributed by atoms with Crippen molar-refractivity contribution < 1.29 is 14.6 Å². The molecule has 0 aliphatic rings. The highest BCUT2D eigenvalue weighted by molar-refractivity contribution is 5.97. The van der Waals surface area contributed by atoms with Gasteiger partial charge < -0.3 is 20.5 Å². The Kier molecular flexibility index (Phi) is 4.91. The van der Waals surface area contributed by atoms with E-state index >= 15 is 0 Å². The minimum Gasteiger partial charge on any atom is -0.465 e. The van der Waals surface area contributed by atoms with Gasteiger partial charge in [-0.1, -0.05) is 0 Å². The zero-order chi connectivity index (χ0) is 13.7. The molecule has 0 saturated heterocycles. The quantitative estimate of drug-likeness (QED) is 0.749. The molecular weight excluding hydrogens is 234 g/mol. The van der Waals surface area contributed by atoms with Gasteiger partial charge in [0.2, 0.25) is 0 Å². The molecule has 1 aromatic heterocycles. The lowest BCUT2D eigenvalue weighted by molar-refractivity contribution is 0.0602. The minimum atomic E-state index is -0.486. The van der Waals surface area contributed by atoms with E-state index in [9.17, 15) is 9.90 Å². The molecule has 0 radical (unpaired) electrons. The first-order chi connectivity index (χ1) is 8.47. The molecule has 1 unspecified atom stereocenters. The predicted molar refractivity (Wildman–Crippen MR) is 69.6 cm³/mol. The van der Waals surface area contributed by atoms with Crippen molar-refractivity contribution in [2.24, 2.45) is 0 Å². The van der Waals surface area contributed by atoms with Crippen LogP contribution in [-0.4, -0.2) is 42.9 Å². The number of nitrogen functional groups attached to an aromatic ring is 1. The van der Waals surface area contributed by atoms with Crippen molar-refractivity contribution in [1.29, 1.82) is 0 Å². The average Bonchev–Trinajstić information content (AvgIpc) is 2.35. The van der Waals surface area contributed by atoms with Gasteiger partial charge in [-0.25, -0.2) is 9.78 Å². The zero-order valence-electron chi connectivity index (χ0n) is 10.9. The SMILES string of the molecule is COC(=O)c1ccnc(N(C)CCC(C)O)c1N. The molecule has 1 atom stereocenters. The van der Waals surface area contributed by atoms with Gasteiger partial charge in [0.1, 0.15) is 0 Å². The van der Waals surface area contributed by atoms with Gasteiger partial charge in [0, 0.05) is 19.8 Å². The monoisotopic (exact) mass is 253 g/mol. The van der Waals surface area contributed by atoms with Crippen LogP contribution >= 0.6 is 0 Å². The maximum Gasteiger partial charge on any atom is 0.340 e. The third kappa shape index (κ3) is 3.33. The highest BCUT2D eigenvalue weighted by Crippen LogP contribution is 2.23. The van der Waals surface area contributed by atoms with E-state index in [1.54, 1.807) is 11.8 Å². The Morgan fingerprint density at radius 1 is 1.67 bits per heavy atom. The Morgan fingerprint density at radius 2 is 2.33 bits per heavy atom. The number of nitrogens with two attached hydrogens (primary N) is 1. The standard InChI is InChI=1S/C12H19N3O3/c1-8(16)5-7-15(2)11-10(13)9(4-6-14-11)12(17)18-3/h4,6,8,16H,5,7,13H2,1-3H3. The number of aliphatic hydroxyl groups is 1. The third-order valence-electron chi connectivity index (χ3n) is 2.62. The lowest BCUT2D eigenvalue weighted by Gasteiger charge is -2.21. The van der Waals surface area contributed by atoms with Crippen LogP contribution in [0.1, 0.15) is 23.7 Å². The Hall–Kier alpha value is -1.82. The largest absolute Gasteiger partial charge is 0.465 e. The number of ether oxygens (including phenoxy) is 1. The second-order valence-electron chi connectivity index (χ2n) is 4.15. The number of anilines is 2. The molecule has 0 amide bonds. The Balaban J connectivity index is 2.92. The van der Waals surface area contributed by atoms with E-state index in [-0.39, 0.29) is 5.69 Å². The van der Waals surface area contributed by atoms with Crippen molar-refractivity contribution in [2.75, 3.05) is 31.3 Å². The summed E-state index contributed by atoms with van der Waals surface area (Å²) in [5, 5.41) is 9.25. The topological polar surface area (TPSA) is 88.7 Å². The number of carbonyl (C=O) groups excluding carboxylic acids is 1. The van der Waals surface area contributed by atoms with Crippen LogP contribution in [0.2, 0.25) is 0 Å². The summed E-state index contributed by atoms with van der Waals surface area (Å²) in [5.41, 5.74) is 6.49. The van der Waals surface area contributed by atoms with Crippen LogP contribution in [0.3, 0.4) is 0 Å². The van der Waals surface area contributed by atoms with E-state index < -0.39 is 12.1 Å². The second-order valence-corrected chi connectivity index (χ2v) is 4.15. The maximum atomic E-state index is 11.5. The van der Waals surface area contributed by atoms with E-state index in [2.05, 4.69) is 9.72 Å². The van der Waals surface area contributed by atoms with E-state index in [0.29, 0.717) is 24.3 Å². The van der Waals surface area contributed by atoms with E-state index in [1.807, 2.05) is 7.05 Å². The number of nitrogens with zero attached hydrogens (tertiary/aromatic N) is 2. The molecule has 0 bridgehead atoms. The predicted octanol–water partition coefficient (Wildman–Crippen LogP) is 0.657. The summed E-state index contributed by atoms with van der Waals surface area (Å²) in [6.07, 6.45) is 1.72. The lowest BCUT2D eigenvalue weighted by atomic mass is 10.2. The Morgan fingerprint density at radius 3 is 2.89 bits per heavy atom. The van der Waals surface area contributed by atoms with Crippen molar-refractivity contribution in [1.82, 2.24) is 4.98 Å². The molecule has 1 heterocycles. The number of aliphatic hydroxyl groups excluding tert-OH is 1. The third-order valence-corrected chi connectivity index (χ3v) is 2.62. The van der Waals surface area contributed by atoms with Gasteiger partial charge in [-0.3, -0.25) is 0 Å². The molecular formula is C12H19N3O3. The van der Waals surface area contributed by atoms with E-state index in [0.717, 1.165) is 0 Å². The first-order valence-electron chi connectivity index (χ1n) is 5.69. The van der Waals surface area contributed by atoms with Crippen LogP contribution < -0.4 is 10.6 Å².